The Morgan fingerprint density at radius 3 is 2.21 bits per heavy atom. The number of carboxylic acids is 3. The SMILES string of the molecule is C=CC1=C(C)C2=NC1=CC1=NC(=C(CC)/C1=C\[O-])C=C1N=C(C(CC(=O)[O-])=C3NC(=C2)[C@@H](C)[C@@H]3CCC(=O)[O-])C(C(=O)O)=C1C.[K+].[K+].[K+]. The van der Waals surface area contributed by atoms with Crippen LogP contribution < -0.4 is 175 Å². The number of aliphatic carboxylic acids is 3. The van der Waals surface area contributed by atoms with E-state index < -0.39 is 30.2 Å². The number of fused-ring (bicyclic) bond motifs is 5. The van der Waals surface area contributed by atoms with Gasteiger partial charge in [0.05, 0.1) is 39.8 Å². The molecule has 8 bridgehead atoms. The van der Waals surface area contributed by atoms with Crippen molar-refractivity contribution < 1.29 is 189 Å². The smallest absolute Gasteiger partial charge is 0.877 e. The molecule has 232 valence electrons. The number of carbonyl (C=O) groups excluding carboxylic acids is 2. The molecule has 0 spiro atoms. The van der Waals surface area contributed by atoms with Crippen molar-refractivity contribution in [3.05, 3.63) is 105 Å². The van der Waals surface area contributed by atoms with E-state index in [-0.39, 0.29) is 201 Å². The van der Waals surface area contributed by atoms with Crippen LogP contribution in [0.4, 0.5) is 0 Å². The summed E-state index contributed by atoms with van der Waals surface area (Å²) in [5.74, 6) is -4.92. The molecule has 1 fully saturated rings. The maximum absolute atomic E-state index is 12.6. The molecule has 0 aromatic carbocycles. The van der Waals surface area contributed by atoms with E-state index in [0.29, 0.717) is 51.8 Å². The van der Waals surface area contributed by atoms with Crippen LogP contribution in [-0.4, -0.2) is 40.1 Å². The molecule has 2 atom stereocenters. The normalized spacial score (nSPS) is 22.0. The topological polar surface area (TPSA) is 190 Å². The Labute approximate surface area is 406 Å². The van der Waals surface area contributed by atoms with Gasteiger partial charge in [0.2, 0.25) is 0 Å². The maximum Gasteiger partial charge on any atom is 1.00 e. The van der Waals surface area contributed by atoms with Gasteiger partial charge in [-0.25, -0.2) is 19.8 Å². The van der Waals surface area contributed by atoms with Crippen LogP contribution >= 0.6 is 0 Å². The first-order valence-corrected chi connectivity index (χ1v) is 14.6. The second kappa shape index (κ2) is 18.4. The molecule has 0 unspecified atom stereocenters. The molecule has 0 radical (unpaired) electrons. The summed E-state index contributed by atoms with van der Waals surface area (Å²) >= 11 is 0. The van der Waals surface area contributed by atoms with Gasteiger partial charge in [-0.05, 0) is 73.6 Å². The van der Waals surface area contributed by atoms with Crippen molar-refractivity contribution >= 4 is 35.0 Å². The number of allylic oxidation sites excluding steroid dienone is 10. The number of hydrogen-bond acceptors (Lipinski definition) is 10. The van der Waals surface area contributed by atoms with Gasteiger partial charge in [0.15, 0.2) is 0 Å². The molecule has 0 aromatic rings. The van der Waals surface area contributed by atoms with E-state index in [1.807, 2.05) is 20.8 Å². The van der Waals surface area contributed by atoms with Gasteiger partial charge in [-0.15, -0.1) is 6.26 Å². The molecule has 48 heavy (non-hydrogen) atoms. The summed E-state index contributed by atoms with van der Waals surface area (Å²) in [5, 5.41) is 49.6. The van der Waals surface area contributed by atoms with Crippen LogP contribution in [0, 0.1) is 11.8 Å². The van der Waals surface area contributed by atoms with E-state index in [4.69, 9.17) is 9.98 Å². The first kappa shape index (κ1) is 43.8. The zero-order valence-corrected chi connectivity index (χ0v) is 37.7. The van der Waals surface area contributed by atoms with Crippen molar-refractivity contribution in [1.82, 2.24) is 5.32 Å². The van der Waals surface area contributed by atoms with Crippen molar-refractivity contribution in [2.45, 2.75) is 53.4 Å². The molecule has 0 aromatic heterocycles. The predicted molar refractivity (Wildman–Crippen MR) is 162 cm³/mol. The fourth-order valence-electron chi connectivity index (χ4n) is 6.40. The molecular weight excluding hydrogens is 694 g/mol. The van der Waals surface area contributed by atoms with Crippen LogP contribution in [0.25, 0.3) is 0 Å². The van der Waals surface area contributed by atoms with E-state index in [1.54, 1.807) is 31.2 Å². The van der Waals surface area contributed by atoms with E-state index in [0.717, 1.165) is 17.4 Å². The van der Waals surface area contributed by atoms with Gasteiger partial charge in [0, 0.05) is 52.7 Å². The summed E-state index contributed by atoms with van der Waals surface area (Å²) in [6, 6.07) is 0. The molecule has 5 aliphatic rings. The Morgan fingerprint density at radius 1 is 0.958 bits per heavy atom. The maximum atomic E-state index is 12.6. The van der Waals surface area contributed by atoms with Crippen molar-refractivity contribution in [2.24, 2.45) is 26.8 Å². The van der Waals surface area contributed by atoms with E-state index in [9.17, 15) is 34.8 Å². The molecule has 0 amide bonds. The van der Waals surface area contributed by atoms with E-state index in [1.165, 1.54) is 0 Å². The Balaban J connectivity index is 0.00000267. The number of hydrogen-bond donors (Lipinski definition) is 2. The Hall–Kier alpha value is -0.411. The predicted octanol–water partition coefficient (Wildman–Crippen LogP) is -7.38. The minimum atomic E-state index is -1.46. The summed E-state index contributed by atoms with van der Waals surface area (Å²) in [6.07, 6.45) is 7.07. The van der Waals surface area contributed by atoms with Gasteiger partial charge in [0.25, 0.3) is 0 Å². The average Bonchev–Trinajstić information content (AvgIpc) is 3.67. The Kier molecular flexibility index (Phi) is 16.8. The fraction of sp³-hybridized carbons (Fsp3) is 0.294. The summed E-state index contributed by atoms with van der Waals surface area (Å²) in [7, 11) is 0. The third kappa shape index (κ3) is 8.61. The van der Waals surface area contributed by atoms with Crippen molar-refractivity contribution in [3.63, 3.8) is 0 Å². The third-order valence-electron chi connectivity index (χ3n) is 8.75. The largest absolute Gasteiger partial charge is 1.00 e. The summed E-state index contributed by atoms with van der Waals surface area (Å²) in [6.45, 7) is 11.1. The molecule has 5 rings (SSSR count). The number of rotatable bonds is 8. The van der Waals surface area contributed by atoms with Gasteiger partial charge in [0.1, 0.15) is 0 Å². The van der Waals surface area contributed by atoms with Crippen LogP contribution in [0.5, 0.6) is 0 Å². The Bertz CT molecular complexity index is 1830. The first-order valence-electron chi connectivity index (χ1n) is 14.6. The van der Waals surface area contributed by atoms with E-state index in [2.05, 4.69) is 16.9 Å². The zero-order valence-electron chi connectivity index (χ0n) is 28.3. The number of nitrogens with zero attached hydrogens (tertiary/aromatic N) is 3. The monoisotopic (exact) mass is 724 g/mol. The second-order valence-electron chi connectivity index (χ2n) is 11.3. The number of aliphatic imine (C=N–C) groups is 3. The minimum absolute atomic E-state index is 0. The van der Waals surface area contributed by atoms with Crippen molar-refractivity contribution in [3.8, 4) is 0 Å². The quantitative estimate of drug-likeness (QED) is 0.182. The average molecular weight is 725 g/mol. The van der Waals surface area contributed by atoms with Gasteiger partial charge in [-0.3, -0.25) is 0 Å². The summed E-state index contributed by atoms with van der Waals surface area (Å²) in [5.41, 5.74) is 5.79. The van der Waals surface area contributed by atoms with Gasteiger partial charge in [-0.2, -0.15) is 0 Å². The number of nitrogens with one attached hydrogen (secondary N) is 1. The molecule has 1 saturated heterocycles. The minimum Gasteiger partial charge on any atom is -0.877 e. The molecule has 11 nitrogen and oxygen atoms in total. The molecular formula is C34H31K3N4O7. The van der Waals surface area contributed by atoms with E-state index >= 15 is 0 Å². The van der Waals surface area contributed by atoms with Crippen LogP contribution in [0.3, 0.4) is 0 Å². The van der Waals surface area contributed by atoms with Crippen molar-refractivity contribution in [1.29, 1.82) is 0 Å². The van der Waals surface area contributed by atoms with Gasteiger partial charge < -0.3 is 35.3 Å². The molecule has 0 aliphatic carbocycles. The first-order chi connectivity index (χ1) is 21.4. The molecule has 5 aliphatic heterocycles. The standard InChI is InChI=1S/C34H34N4O7.3K/c1-6-18-15(3)23-11-24-16(4)20(8-9-29(40)41)32(37-24)21(10-30(42)43)33-31(34(44)45)17(5)25(38-33)12-27-19(7-2)22(14-39)28(36-27)13-26(18)35-23;;;/h6,11-14,16,20,37,39H,1,7-10H2,2-5H3,(H,40,41)(H,42,43)(H,44,45);;;/q;3*+1/p-3/b22-14+,24-11?,25-12?,26-13?,32-21?;;;/t16-,20-;;;/m0.../s1. The van der Waals surface area contributed by atoms with Crippen LogP contribution in [0.2, 0.25) is 0 Å². The molecule has 2 N–H and O–H groups in total. The van der Waals surface area contributed by atoms with Crippen molar-refractivity contribution in [2.75, 3.05) is 0 Å². The van der Waals surface area contributed by atoms with Gasteiger partial charge >= 0.3 is 160 Å². The summed E-state index contributed by atoms with van der Waals surface area (Å²) in [4.78, 5) is 50.5. The zero-order chi connectivity index (χ0) is 32.7. The number of carboxylic acid groups (broad SMARTS) is 3. The number of carbonyl (C=O) groups is 3. The molecule has 0 saturated carbocycles. The summed E-state index contributed by atoms with van der Waals surface area (Å²) < 4.78 is 0. The van der Waals surface area contributed by atoms with Gasteiger partial charge in [-0.1, -0.05) is 26.5 Å². The Morgan fingerprint density at radius 2 is 1.65 bits per heavy atom. The fourth-order valence-corrected chi connectivity index (χ4v) is 6.40. The van der Waals surface area contributed by atoms with Crippen LogP contribution in [0.1, 0.15) is 53.4 Å². The molecule has 5 heterocycles. The third-order valence-corrected chi connectivity index (χ3v) is 8.75. The second-order valence-corrected chi connectivity index (χ2v) is 11.3. The van der Waals surface area contributed by atoms with Crippen LogP contribution in [0.15, 0.2) is 120 Å². The van der Waals surface area contributed by atoms with Crippen LogP contribution in [-0.2, 0) is 14.4 Å². The molecule has 14 heteroatoms.